The first-order chi connectivity index (χ1) is 8.89. The first kappa shape index (κ1) is 16.4. The molecule has 1 fully saturated rings. The minimum absolute atomic E-state index is 0.0447. The van der Waals surface area contributed by atoms with Gasteiger partial charge in [0.15, 0.2) is 0 Å². The second-order valence-electron chi connectivity index (χ2n) is 4.76. The van der Waals surface area contributed by atoms with Gasteiger partial charge in [-0.15, -0.1) is 0 Å². The summed E-state index contributed by atoms with van der Waals surface area (Å²) in [5.41, 5.74) is 5.12. The predicted octanol–water partition coefficient (Wildman–Crippen LogP) is -0.461. The second-order valence-corrected chi connectivity index (χ2v) is 6.64. The molecule has 112 valence electrons. The maximum atomic E-state index is 12.5. The highest BCUT2D eigenvalue weighted by Gasteiger charge is 2.34. The van der Waals surface area contributed by atoms with E-state index in [0.29, 0.717) is 6.54 Å². The van der Waals surface area contributed by atoms with Crippen LogP contribution in [-0.2, 0) is 19.7 Å². The number of nitrogens with zero attached hydrogens (tertiary/aromatic N) is 2. The van der Waals surface area contributed by atoms with Crippen LogP contribution in [-0.4, -0.2) is 62.3 Å². The fraction of sp³-hybridized carbons (Fsp3) is 0.909. The monoisotopic (exact) mass is 293 g/mol. The molecule has 0 unspecified atom stereocenters. The number of ether oxygens (including phenoxy) is 1. The van der Waals surface area contributed by atoms with Crippen molar-refractivity contribution in [3.63, 3.8) is 0 Å². The van der Waals surface area contributed by atoms with Crippen molar-refractivity contribution in [2.75, 3.05) is 33.4 Å². The molecular weight excluding hydrogens is 270 g/mol. The van der Waals surface area contributed by atoms with E-state index >= 15 is 0 Å². The normalized spacial score (nSPS) is 21.7. The Bertz CT molecular complexity index is 399. The van der Waals surface area contributed by atoms with Crippen LogP contribution in [0.3, 0.4) is 0 Å². The maximum absolute atomic E-state index is 12.5. The Labute approximate surface area is 114 Å². The number of primary amides is 1. The van der Waals surface area contributed by atoms with Crippen molar-refractivity contribution in [3.8, 4) is 0 Å². The third-order valence-corrected chi connectivity index (χ3v) is 5.34. The molecular formula is C11H23N3O4S. The zero-order chi connectivity index (χ0) is 14.5. The van der Waals surface area contributed by atoms with Crippen LogP contribution in [0.4, 0.5) is 0 Å². The molecule has 1 atom stereocenters. The molecule has 8 heteroatoms. The van der Waals surface area contributed by atoms with Gasteiger partial charge in [-0.1, -0.05) is 6.42 Å². The van der Waals surface area contributed by atoms with Gasteiger partial charge in [0.25, 0.3) is 10.2 Å². The SMILES string of the molecule is COCCN(CC(N)=O)S(=O)(=O)N1CCCC[C@H]1C. The summed E-state index contributed by atoms with van der Waals surface area (Å²) in [5.74, 6) is -0.663. The van der Waals surface area contributed by atoms with Gasteiger partial charge in [-0.3, -0.25) is 4.79 Å². The van der Waals surface area contributed by atoms with Crippen molar-refractivity contribution < 1.29 is 17.9 Å². The molecule has 1 saturated heterocycles. The standard InChI is InChI=1S/C11H23N3O4S/c1-10-5-3-4-6-14(10)19(16,17)13(7-8-18-2)9-11(12)15/h10H,3-9H2,1-2H3,(H2,12,15)/t10-/m1/s1. The molecule has 0 aromatic carbocycles. The minimum atomic E-state index is -3.65. The molecule has 0 spiro atoms. The molecule has 1 rings (SSSR count). The van der Waals surface area contributed by atoms with Gasteiger partial charge in [-0.2, -0.15) is 17.0 Å². The Kier molecular flexibility index (Phi) is 6.18. The van der Waals surface area contributed by atoms with Gasteiger partial charge >= 0.3 is 0 Å². The molecule has 1 aliphatic heterocycles. The summed E-state index contributed by atoms with van der Waals surface area (Å²) >= 11 is 0. The molecule has 0 saturated carbocycles. The number of rotatable bonds is 7. The second kappa shape index (κ2) is 7.18. The van der Waals surface area contributed by atoms with Crippen molar-refractivity contribution in [1.82, 2.24) is 8.61 Å². The molecule has 1 amide bonds. The highest BCUT2D eigenvalue weighted by atomic mass is 32.2. The van der Waals surface area contributed by atoms with E-state index in [0.717, 1.165) is 23.6 Å². The lowest BCUT2D eigenvalue weighted by Gasteiger charge is -2.35. The van der Waals surface area contributed by atoms with Gasteiger partial charge in [0.05, 0.1) is 13.2 Å². The van der Waals surface area contributed by atoms with Crippen molar-refractivity contribution in [1.29, 1.82) is 0 Å². The summed E-state index contributed by atoms with van der Waals surface area (Å²) in [6, 6.07) is -0.0447. The van der Waals surface area contributed by atoms with Crippen molar-refractivity contribution >= 4 is 16.1 Å². The lowest BCUT2D eigenvalue weighted by molar-refractivity contribution is -0.118. The highest BCUT2D eigenvalue weighted by molar-refractivity contribution is 7.86. The van der Waals surface area contributed by atoms with Crippen LogP contribution < -0.4 is 5.73 Å². The molecule has 19 heavy (non-hydrogen) atoms. The smallest absolute Gasteiger partial charge is 0.282 e. The number of piperidine rings is 1. The van der Waals surface area contributed by atoms with E-state index in [-0.39, 0.29) is 25.7 Å². The van der Waals surface area contributed by atoms with E-state index in [1.54, 1.807) is 0 Å². The largest absolute Gasteiger partial charge is 0.383 e. The Balaban J connectivity index is 2.86. The van der Waals surface area contributed by atoms with Crippen molar-refractivity contribution in [2.24, 2.45) is 5.73 Å². The minimum Gasteiger partial charge on any atom is -0.383 e. The highest BCUT2D eigenvalue weighted by Crippen LogP contribution is 2.22. The van der Waals surface area contributed by atoms with Crippen LogP contribution in [0.15, 0.2) is 0 Å². The number of nitrogens with two attached hydrogens (primary N) is 1. The van der Waals surface area contributed by atoms with E-state index in [2.05, 4.69) is 0 Å². The summed E-state index contributed by atoms with van der Waals surface area (Å²) in [5, 5.41) is 0. The van der Waals surface area contributed by atoms with Gasteiger partial charge in [0.1, 0.15) is 0 Å². The summed E-state index contributed by atoms with van der Waals surface area (Å²) in [7, 11) is -2.17. The van der Waals surface area contributed by atoms with Crippen molar-refractivity contribution in [3.05, 3.63) is 0 Å². The summed E-state index contributed by atoms with van der Waals surface area (Å²) in [6.07, 6.45) is 2.72. The Morgan fingerprint density at radius 2 is 2.16 bits per heavy atom. The first-order valence-corrected chi connectivity index (χ1v) is 7.83. The van der Waals surface area contributed by atoms with Gasteiger partial charge in [-0.05, 0) is 19.8 Å². The maximum Gasteiger partial charge on any atom is 0.282 e. The molecule has 1 heterocycles. The average Bonchev–Trinajstić information content (AvgIpc) is 2.34. The summed E-state index contributed by atoms with van der Waals surface area (Å²) < 4.78 is 32.5. The van der Waals surface area contributed by atoms with Crippen LogP contribution in [0.5, 0.6) is 0 Å². The molecule has 1 aliphatic rings. The molecule has 2 N–H and O–H groups in total. The Morgan fingerprint density at radius 3 is 2.68 bits per heavy atom. The fourth-order valence-electron chi connectivity index (χ4n) is 2.21. The average molecular weight is 293 g/mol. The quantitative estimate of drug-likeness (QED) is 0.687. The summed E-state index contributed by atoms with van der Waals surface area (Å²) in [6.45, 7) is 2.43. The number of hydrogen-bond donors (Lipinski definition) is 1. The van der Waals surface area contributed by atoms with Crippen LogP contribution in [0.2, 0.25) is 0 Å². The third-order valence-electron chi connectivity index (χ3n) is 3.24. The number of carbonyl (C=O) groups excluding carboxylic acids is 1. The lowest BCUT2D eigenvalue weighted by Crippen LogP contribution is -2.52. The molecule has 0 aromatic heterocycles. The van der Waals surface area contributed by atoms with Gasteiger partial charge in [0, 0.05) is 26.2 Å². The fourth-order valence-corrected chi connectivity index (χ4v) is 4.02. The first-order valence-electron chi connectivity index (χ1n) is 6.43. The number of methoxy groups -OCH3 is 1. The predicted molar refractivity (Wildman–Crippen MR) is 71.6 cm³/mol. The van der Waals surface area contributed by atoms with E-state index in [4.69, 9.17) is 10.5 Å². The van der Waals surface area contributed by atoms with Crippen LogP contribution >= 0.6 is 0 Å². The van der Waals surface area contributed by atoms with Gasteiger partial charge in [0.2, 0.25) is 5.91 Å². The number of carbonyl (C=O) groups is 1. The van der Waals surface area contributed by atoms with Crippen molar-refractivity contribution in [2.45, 2.75) is 32.2 Å². The molecule has 0 aliphatic carbocycles. The zero-order valence-electron chi connectivity index (χ0n) is 11.5. The zero-order valence-corrected chi connectivity index (χ0v) is 12.4. The number of hydrogen-bond acceptors (Lipinski definition) is 4. The van der Waals surface area contributed by atoms with Crippen LogP contribution in [0.1, 0.15) is 26.2 Å². The van der Waals surface area contributed by atoms with E-state index in [1.807, 2.05) is 6.92 Å². The Morgan fingerprint density at radius 1 is 1.47 bits per heavy atom. The van der Waals surface area contributed by atoms with E-state index in [1.165, 1.54) is 11.4 Å². The number of amides is 1. The van der Waals surface area contributed by atoms with Crippen LogP contribution in [0.25, 0.3) is 0 Å². The van der Waals surface area contributed by atoms with Gasteiger partial charge < -0.3 is 10.5 Å². The topological polar surface area (TPSA) is 92.9 Å². The molecule has 0 aromatic rings. The Hall–Kier alpha value is -0.700. The van der Waals surface area contributed by atoms with E-state index < -0.39 is 16.1 Å². The van der Waals surface area contributed by atoms with Crippen LogP contribution in [0, 0.1) is 0 Å². The van der Waals surface area contributed by atoms with Gasteiger partial charge in [-0.25, -0.2) is 0 Å². The molecule has 0 radical (unpaired) electrons. The molecule has 7 nitrogen and oxygen atoms in total. The summed E-state index contributed by atoms with van der Waals surface area (Å²) in [4.78, 5) is 11.0. The third kappa shape index (κ3) is 4.41. The molecule has 0 bridgehead atoms. The van der Waals surface area contributed by atoms with E-state index in [9.17, 15) is 13.2 Å². The lowest BCUT2D eigenvalue weighted by atomic mass is 10.1.